The van der Waals surface area contributed by atoms with E-state index in [4.69, 9.17) is 4.74 Å². The number of ether oxygens (including phenoxy) is 1. The standard InChI is InChI=1S/C23H19FN2O2S/c1-28-21-8-7-16-9-15(5-6-17(16)11-21)13-25-22(27)12-20-14-29-23(26-20)18-3-2-4-19(24)10-18/h2-11,14H,12-13H2,1H3,(H,25,27). The lowest BCUT2D eigenvalue weighted by Gasteiger charge is -2.07. The Morgan fingerprint density at radius 2 is 1.93 bits per heavy atom. The van der Waals surface area contributed by atoms with Crippen LogP contribution in [0.4, 0.5) is 4.39 Å². The van der Waals surface area contributed by atoms with Crippen LogP contribution in [0.1, 0.15) is 11.3 Å². The number of fused-ring (bicyclic) bond motifs is 1. The Labute approximate surface area is 172 Å². The highest BCUT2D eigenvalue weighted by Gasteiger charge is 2.10. The van der Waals surface area contributed by atoms with Crippen molar-refractivity contribution in [1.29, 1.82) is 0 Å². The first-order valence-corrected chi connectivity index (χ1v) is 10.0. The molecule has 1 aromatic heterocycles. The summed E-state index contributed by atoms with van der Waals surface area (Å²) >= 11 is 1.40. The van der Waals surface area contributed by atoms with Crippen LogP contribution in [0.25, 0.3) is 21.3 Å². The Balaban J connectivity index is 1.37. The third-order valence-corrected chi connectivity index (χ3v) is 5.51. The quantitative estimate of drug-likeness (QED) is 0.492. The molecule has 3 aromatic carbocycles. The van der Waals surface area contributed by atoms with Crippen molar-refractivity contribution in [2.24, 2.45) is 0 Å². The molecule has 1 N–H and O–H groups in total. The first-order valence-electron chi connectivity index (χ1n) is 9.14. The molecular formula is C23H19FN2O2S. The van der Waals surface area contributed by atoms with Crippen LogP contribution in [0, 0.1) is 5.82 Å². The number of aromatic nitrogens is 1. The molecule has 0 fully saturated rings. The number of thiazole rings is 1. The first-order chi connectivity index (χ1) is 14.1. The first kappa shape index (κ1) is 19.1. The SMILES string of the molecule is COc1ccc2cc(CNC(=O)Cc3csc(-c4cccc(F)c4)n3)ccc2c1. The summed E-state index contributed by atoms with van der Waals surface area (Å²) < 4.78 is 18.6. The highest BCUT2D eigenvalue weighted by Crippen LogP contribution is 2.25. The minimum absolute atomic E-state index is 0.101. The van der Waals surface area contributed by atoms with Gasteiger partial charge in [0.25, 0.3) is 0 Å². The number of carbonyl (C=O) groups excluding carboxylic acids is 1. The van der Waals surface area contributed by atoms with Crippen LogP contribution in [0.2, 0.25) is 0 Å². The number of carbonyl (C=O) groups is 1. The number of benzene rings is 3. The van der Waals surface area contributed by atoms with E-state index in [1.54, 1.807) is 19.2 Å². The summed E-state index contributed by atoms with van der Waals surface area (Å²) in [6.45, 7) is 0.446. The van der Waals surface area contributed by atoms with Gasteiger partial charge in [-0.3, -0.25) is 4.79 Å². The smallest absolute Gasteiger partial charge is 0.226 e. The van der Waals surface area contributed by atoms with Gasteiger partial charge in [0.2, 0.25) is 5.91 Å². The van der Waals surface area contributed by atoms with Gasteiger partial charge in [-0.05, 0) is 46.7 Å². The van der Waals surface area contributed by atoms with Crippen molar-refractivity contribution in [2.75, 3.05) is 7.11 Å². The maximum Gasteiger partial charge on any atom is 0.226 e. The molecule has 4 rings (SSSR count). The minimum Gasteiger partial charge on any atom is -0.497 e. The van der Waals surface area contributed by atoms with E-state index in [1.165, 1.54) is 23.5 Å². The van der Waals surface area contributed by atoms with Crippen molar-refractivity contribution in [3.05, 3.63) is 83.1 Å². The molecule has 0 spiro atoms. The molecule has 0 radical (unpaired) electrons. The van der Waals surface area contributed by atoms with Crippen molar-refractivity contribution in [3.63, 3.8) is 0 Å². The van der Waals surface area contributed by atoms with E-state index in [9.17, 15) is 9.18 Å². The Morgan fingerprint density at radius 1 is 1.10 bits per heavy atom. The van der Waals surface area contributed by atoms with E-state index in [1.807, 2.05) is 35.7 Å². The van der Waals surface area contributed by atoms with Crippen molar-refractivity contribution >= 4 is 28.0 Å². The van der Waals surface area contributed by atoms with Gasteiger partial charge in [-0.2, -0.15) is 0 Å². The summed E-state index contributed by atoms with van der Waals surface area (Å²) in [5.41, 5.74) is 2.42. The van der Waals surface area contributed by atoms with Crippen LogP contribution in [0.5, 0.6) is 5.75 Å². The average molecular weight is 406 g/mol. The molecule has 4 nitrogen and oxygen atoms in total. The zero-order chi connectivity index (χ0) is 20.2. The molecule has 0 aliphatic carbocycles. The second-order valence-electron chi connectivity index (χ2n) is 6.66. The number of hydrogen-bond acceptors (Lipinski definition) is 4. The van der Waals surface area contributed by atoms with Gasteiger partial charge in [0.1, 0.15) is 16.6 Å². The van der Waals surface area contributed by atoms with Gasteiger partial charge in [0.05, 0.1) is 19.2 Å². The number of halogens is 1. The molecule has 4 aromatic rings. The summed E-state index contributed by atoms with van der Waals surface area (Å²) in [5, 5.41) is 7.66. The number of rotatable bonds is 6. The molecular weight excluding hydrogens is 387 g/mol. The molecule has 0 aliphatic rings. The van der Waals surface area contributed by atoms with Crippen molar-refractivity contribution < 1.29 is 13.9 Å². The lowest BCUT2D eigenvalue weighted by molar-refractivity contribution is -0.120. The zero-order valence-corrected chi connectivity index (χ0v) is 16.6. The van der Waals surface area contributed by atoms with Crippen LogP contribution in [0.15, 0.2) is 66.0 Å². The highest BCUT2D eigenvalue weighted by atomic mass is 32.1. The van der Waals surface area contributed by atoms with E-state index in [0.29, 0.717) is 17.2 Å². The maximum absolute atomic E-state index is 13.4. The number of methoxy groups -OCH3 is 1. The molecule has 1 amide bonds. The minimum atomic E-state index is -0.300. The Morgan fingerprint density at radius 3 is 2.76 bits per heavy atom. The molecule has 0 atom stereocenters. The highest BCUT2D eigenvalue weighted by molar-refractivity contribution is 7.13. The van der Waals surface area contributed by atoms with Gasteiger partial charge in [-0.15, -0.1) is 11.3 Å². The Bertz CT molecular complexity index is 1170. The van der Waals surface area contributed by atoms with E-state index < -0.39 is 0 Å². The van der Waals surface area contributed by atoms with Gasteiger partial charge < -0.3 is 10.1 Å². The Hall–Kier alpha value is -3.25. The van der Waals surface area contributed by atoms with Crippen LogP contribution in [-0.4, -0.2) is 18.0 Å². The number of hydrogen-bond donors (Lipinski definition) is 1. The van der Waals surface area contributed by atoms with E-state index in [2.05, 4.69) is 16.4 Å². The molecule has 0 saturated heterocycles. The van der Waals surface area contributed by atoms with Crippen LogP contribution < -0.4 is 10.1 Å². The predicted octanol–water partition coefficient (Wildman–Crippen LogP) is 4.97. The lowest BCUT2D eigenvalue weighted by atomic mass is 10.1. The summed E-state index contributed by atoms with van der Waals surface area (Å²) in [4.78, 5) is 16.8. The predicted molar refractivity (Wildman–Crippen MR) is 114 cm³/mol. The molecule has 29 heavy (non-hydrogen) atoms. The maximum atomic E-state index is 13.4. The molecule has 0 bridgehead atoms. The largest absolute Gasteiger partial charge is 0.497 e. The topological polar surface area (TPSA) is 51.2 Å². The van der Waals surface area contributed by atoms with Gasteiger partial charge >= 0.3 is 0 Å². The van der Waals surface area contributed by atoms with Crippen LogP contribution in [0.3, 0.4) is 0 Å². The fourth-order valence-corrected chi connectivity index (χ4v) is 3.90. The Kier molecular flexibility index (Phi) is 5.53. The van der Waals surface area contributed by atoms with Crippen LogP contribution in [-0.2, 0) is 17.8 Å². The van der Waals surface area contributed by atoms with E-state index in [-0.39, 0.29) is 18.1 Å². The molecule has 1 heterocycles. The normalized spacial score (nSPS) is 10.8. The van der Waals surface area contributed by atoms with Gasteiger partial charge in [-0.25, -0.2) is 9.37 Å². The summed E-state index contributed by atoms with van der Waals surface area (Å²) in [6, 6.07) is 18.3. The third kappa shape index (κ3) is 4.60. The van der Waals surface area contributed by atoms with Crippen molar-refractivity contribution in [3.8, 4) is 16.3 Å². The molecule has 0 saturated carbocycles. The molecule has 0 unspecified atom stereocenters. The summed E-state index contributed by atoms with van der Waals surface area (Å²) in [7, 11) is 1.65. The summed E-state index contributed by atoms with van der Waals surface area (Å²) in [6.07, 6.45) is 0.191. The van der Waals surface area contributed by atoms with Crippen molar-refractivity contribution in [2.45, 2.75) is 13.0 Å². The fraction of sp³-hybridized carbons (Fsp3) is 0.130. The number of nitrogens with zero attached hydrogens (tertiary/aromatic N) is 1. The van der Waals surface area contributed by atoms with E-state index in [0.717, 1.165) is 27.6 Å². The van der Waals surface area contributed by atoms with Crippen LogP contribution >= 0.6 is 11.3 Å². The van der Waals surface area contributed by atoms with Gasteiger partial charge in [0, 0.05) is 17.5 Å². The van der Waals surface area contributed by atoms with Gasteiger partial charge in [0.15, 0.2) is 0 Å². The summed E-state index contributed by atoms with van der Waals surface area (Å²) in [5.74, 6) is 0.418. The van der Waals surface area contributed by atoms with E-state index >= 15 is 0 Å². The number of amides is 1. The number of nitrogens with one attached hydrogen (secondary N) is 1. The monoisotopic (exact) mass is 406 g/mol. The molecule has 146 valence electrons. The fourth-order valence-electron chi connectivity index (χ4n) is 3.08. The molecule has 6 heteroatoms. The second kappa shape index (κ2) is 8.41. The van der Waals surface area contributed by atoms with Gasteiger partial charge in [-0.1, -0.05) is 30.3 Å². The average Bonchev–Trinajstić information content (AvgIpc) is 3.20. The zero-order valence-electron chi connectivity index (χ0n) is 15.8. The second-order valence-corrected chi connectivity index (χ2v) is 7.51. The lowest BCUT2D eigenvalue weighted by Crippen LogP contribution is -2.24. The third-order valence-electron chi connectivity index (χ3n) is 4.57. The van der Waals surface area contributed by atoms with Crippen molar-refractivity contribution in [1.82, 2.24) is 10.3 Å². The molecule has 0 aliphatic heterocycles.